The van der Waals surface area contributed by atoms with Crippen LogP contribution in [0.25, 0.3) is 11.1 Å². The molecule has 20 heavy (non-hydrogen) atoms. The van der Waals surface area contributed by atoms with Gasteiger partial charge in [-0.1, -0.05) is 24.3 Å². The molecule has 1 N–H and O–H groups in total. The largest absolute Gasteiger partial charge is 0.310 e. The highest BCUT2D eigenvalue weighted by molar-refractivity contribution is 5.65. The molecule has 0 bridgehead atoms. The van der Waals surface area contributed by atoms with Crippen molar-refractivity contribution in [2.75, 3.05) is 0 Å². The van der Waals surface area contributed by atoms with Crippen molar-refractivity contribution in [3.63, 3.8) is 0 Å². The van der Waals surface area contributed by atoms with Crippen LogP contribution in [0.3, 0.4) is 0 Å². The van der Waals surface area contributed by atoms with E-state index in [2.05, 4.69) is 5.32 Å². The molecule has 4 heteroatoms. The number of rotatable bonds is 4. The fraction of sp³-hybridized carbons (Fsp3) is 0.250. The summed E-state index contributed by atoms with van der Waals surface area (Å²) in [6, 6.07) is 8.90. The molecule has 1 nitrogen and oxygen atoms in total. The Kier molecular flexibility index (Phi) is 3.49. The van der Waals surface area contributed by atoms with E-state index in [0.717, 1.165) is 24.5 Å². The molecule has 2 aromatic carbocycles. The van der Waals surface area contributed by atoms with E-state index in [1.54, 1.807) is 6.07 Å². The monoisotopic (exact) mass is 277 g/mol. The van der Waals surface area contributed by atoms with Crippen molar-refractivity contribution >= 4 is 0 Å². The number of hydrogen-bond acceptors (Lipinski definition) is 1. The maximum Gasteiger partial charge on any atom is 0.166 e. The van der Waals surface area contributed by atoms with Crippen molar-refractivity contribution in [3.8, 4) is 11.1 Å². The topological polar surface area (TPSA) is 12.0 Å². The highest BCUT2D eigenvalue weighted by Gasteiger charge is 2.20. The molecule has 0 aromatic heterocycles. The normalized spacial score (nSPS) is 14.6. The molecule has 1 fully saturated rings. The maximum absolute atomic E-state index is 14.1. The lowest BCUT2D eigenvalue weighted by molar-refractivity contribution is 0.510. The van der Waals surface area contributed by atoms with Gasteiger partial charge in [0.25, 0.3) is 0 Å². The number of hydrogen-bond donors (Lipinski definition) is 1. The van der Waals surface area contributed by atoms with Crippen LogP contribution in [0.15, 0.2) is 36.4 Å². The molecule has 0 amide bonds. The molecule has 1 saturated carbocycles. The zero-order valence-electron chi connectivity index (χ0n) is 10.8. The molecule has 1 aliphatic rings. The molecular weight excluding hydrogens is 263 g/mol. The smallest absolute Gasteiger partial charge is 0.166 e. The Labute approximate surface area is 115 Å². The summed E-state index contributed by atoms with van der Waals surface area (Å²) in [4.78, 5) is 0. The van der Waals surface area contributed by atoms with Gasteiger partial charge in [0, 0.05) is 23.7 Å². The lowest BCUT2D eigenvalue weighted by Gasteiger charge is -2.08. The van der Waals surface area contributed by atoms with E-state index < -0.39 is 17.5 Å². The van der Waals surface area contributed by atoms with Crippen LogP contribution < -0.4 is 5.32 Å². The lowest BCUT2D eigenvalue weighted by atomic mass is 10.0. The first kappa shape index (κ1) is 13.2. The van der Waals surface area contributed by atoms with E-state index in [1.165, 1.54) is 24.3 Å². The van der Waals surface area contributed by atoms with E-state index in [4.69, 9.17) is 0 Å². The Morgan fingerprint density at radius 3 is 2.45 bits per heavy atom. The Bertz CT molecular complexity index is 636. The number of benzene rings is 2. The molecule has 0 spiro atoms. The van der Waals surface area contributed by atoms with E-state index >= 15 is 0 Å². The summed E-state index contributed by atoms with van der Waals surface area (Å²) in [5, 5.41) is 3.28. The molecule has 0 atom stereocenters. The Morgan fingerprint density at radius 1 is 0.950 bits per heavy atom. The zero-order valence-corrected chi connectivity index (χ0v) is 10.8. The first-order valence-corrected chi connectivity index (χ1v) is 6.61. The quantitative estimate of drug-likeness (QED) is 0.890. The van der Waals surface area contributed by atoms with Crippen LogP contribution in [0.5, 0.6) is 0 Å². The molecule has 0 radical (unpaired) electrons. The van der Waals surface area contributed by atoms with Gasteiger partial charge in [0.1, 0.15) is 5.82 Å². The van der Waals surface area contributed by atoms with E-state index in [9.17, 15) is 13.2 Å². The summed E-state index contributed by atoms with van der Waals surface area (Å²) in [7, 11) is 0. The third-order valence-corrected chi connectivity index (χ3v) is 3.45. The van der Waals surface area contributed by atoms with Crippen LogP contribution in [0.2, 0.25) is 0 Å². The van der Waals surface area contributed by atoms with Crippen LogP contribution in [0, 0.1) is 17.5 Å². The summed E-state index contributed by atoms with van der Waals surface area (Å²) in [6.45, 7) is 0.591. The third kappa shape index (κ3) is 2.70. The van der Waals surface area contributed by atoms with Gasteiger partial charge in [-0.3, -0.25) is 0 Å². The van der Waals surface area contributed by atoms with Crippen molar-refractivity contribution in [1.82, 2.24) is 5.32 Å². The van der Waals surface area contributed by atoms with Crippen molar-refractivity contribution < 1.29 is 13.2 Å². The Morgan fingerprint density at radius 2 is 1.75 bits per heavy atom. The van der Waals surface area contributed by atoms with Gasteiger partial charge < -0.3 is 5.32 Å². The highest BCUT2D eigenvalue weighted by atomic mass is 19.2. The van der Waals surface area contributed by atoms with Crippen LogP contribution >= 0.6 is 0 Å². The Balaban J connectivity index is 1.87. The molecule has 1 aliphatic carbocycles. The number of nitrogens with one attached hydrogen (secondary N) is 1. The van der Waals surface area contributed by atoms with Gasteiger partial charge in [-0.05, 0) is 30.5 Å². The van der Waals surface area contributed by atoms with Crippen LogP contribution in [-0.2, 0) is 6.54 Å². The van der Waals surface area contributed by atoms with Gasteiger partial charge in [0.2, 0.25) is 0 Å². The minimum atomic E-state index is -1.02. The summed E-state index contributed by atoms with van der Waals surface area (Å²) in [6.07, 6.45) is 2.32. The zero-order chi connectivity index (χ0) is 14.1. The second-order valence-corrected chi connectivity index (χ2v) is 5.07. The van der Waals surface area contributed by atoms with Crippen molar-refractivity contribution in [3.05, 3.63) is 59.4 Å². The van der Waals surface area contributed by atoms with Crippen LogP contribution in [-0.4, -0.2) is 6.04 Å². The van der Waals surface area contributed by atoms with Crippen LogP contribution in [0.4, 0.5) is 13.2 Å². The van der Waals surface area contributed by atoms with Gasteiger partial charge in [0.05, 0.1) is 0 Å². The van der Waals surface area contributed by atoms with Gasteiger partial charge in [-0.25, -0.2) is 13.2 Å². The molecule has 0 heterocycles. The van der Waals surface area contributed by atoms with Gasteiger partial charge in [0.15, 0.2) is 11.6 Å². The van der Waals surface area contributed by atoms with Crippen molar-refractivity contribution in [2.24, 2.45) is 0 Å². The van der Waals surface area contributed by atoms with E-state index in [1.807, 2.05) is 0 Å². The molecule has 0 unspecified atom stereocenters. The first-order valence-electron chi connectivity index (χ1n) is 6.61. The average Bonchev–Trinajstić information content (AvgIpc) is 3.24. The fourth-order valence-corrected chi connectivity index (χ4v) is 2.15. The SMILES string of the molecule is Fc1cc(CNC2CC2)ccc1-c1cccc(F)c1F. The Hall–Kier alpha value is -1.81. The molecule has 104 valence electrons. The predicted octanol–water partition coefficient (Wildman–Crippen LogP) is 4.02. The van der Waals surface area contributed by atoms with Crippen molar-refractivity contribution in [1.29, 1.82) is 0 Å². The van der Waals surface area contributed by atoms with Gasteiger partial charge in [-0.15, -0.1) is 0 Å². The minimum absolute atomic E-state index is 0.0517. The molecule has 3 rings (SSSR count). The van der Waals surface area contributed by atoms with Gasteiger partial charge in [-0.2, -0.15) is 0 Å². The number of halogens is 3. The molecule has 0 saturated heterocycles. The second-order valence-electron chi connectivity index (χ2n) is 5.07. The van der Waals surface area contributed by atoms with Gasteiger partial charge >= 0.3 is 0 Å². The standard InChI is InChI=1S/C16H14F3N/c17-14-3-1-2-13(16(14)19)12-7-4-10(8-15(12)18)9-20-11-5-6-11/h1-4,7-8,11,20H,5-6,9H2. The van der Waals surface area contributed by atoms with Crippen LogP contribution in [0.1, 0.15) is 18.4 Å². The molecular formula is C16H14F3N. The maximum atomic E-state index is 14.1. The molecule has 0 aliphatic heterocycles. The fourth-order valence-electron chi connectivity index (χ4n) is 2.15. The average molecular weight is 277 g/mol. The van der Waals surface area contributed by atoms with E-state index in [-0.39, 0.29) is 11.1 Å². The first-order chi connectivity index (χ1) is 9.65. The predicted molar refractivity (Wildman–Crippen MR) is 71.6 cm³/mol. The molecule has 2 aromatic rings. The third-order valence-electron chi connectivity index (χ3n) is 3.45. The summed E-state index contributed by atoms with van der Waals surface area (Å²) < 4.78 is 40.9. The summed E-state index contributed by atoms with van der Waals surface area (Å²) >= 11 is 0. The van der Waals surface area contributed by atoms with E-state index in [0.29, 0.717) is 12.6 Å². The minimum Gasteiger partial charge on any atom is -0.310 e. The summed E-state index contributed by atoms with van der Waals surface area (Å²) in [5.41, 5.74) is 0.830. The summed E-state index contributed by atoms with van der Waals surface area (Å²) in [5.74, 6) is -2.53. The second kappa shape index (κ2) is 5.29. The lowest BCUT2D eigenvalue weighted by Crippen LogP contribution is -2.15. The van der Waals surface area contributed by atoms with Crippen molar-refractivity contribution in [2.45, 2.75) is 25.4 Å². The highest BCUT2D eigenvalue weighted by Crippen LogP contribution is 2.28.